The molecule has 1 N–H and O–H groups in total. The van der Waals surface area contributed by atoms with Crippen molar-refractivity contribution in [3.05, 3.63) is 72.9 Å². The molecule has 0 unspecified atom stereocenters. The summed E-state index contributed by atoms with van der Waals surface area (Å²) in [6, 6.07) is 17.5. The molecule has 0 radical (unpaired) electrons. The number of piperazine rings is 1. The number of hydrogen-bond donors (Lipinski definition) is 1. The minimum Gasteiger partial charge on any atom is -0.497 e. The summed E-state index contributed by atoms with van der Waals surface area (Å²) in [5.74, 6) is 1.79. The first kappa shape index (κ1) is 22.8. The second kappa shape index (κ2) is 9.81. The lowest BCUT2D eigenvalue weighted by molar-refractivity contribution is 0.0926. The Balaban J connectivity index is 1.09. The van der Waals surface area contributed by atoms with Gasteiger partial charge in [0.25, 0.3) is 5.91 Å². The number of carbonyl (C=O) groups excluding carboxylic acids is 1. The van der Waals surface area contributed by atoms with E-state index >= 15 is 0 Å². The van der Waals surface area contributed by atoms with Gasteiger partial charge in [0, 0.05) is 43.8 Å². The fourth-order valence-corrected chi connectivity index (χ4v) is 4.72. The monoisotopic (exact) mass is 497 g/mol. The number of amides is 1. The number of nitrogens with one attached hydrogen (secondary N) is 1. The number of nitrogens with zero attached hydrogens (tertiary/aromatic N) is 6. The molecule has 1 aliphatic rings. The first-order valence-corrected chi connectivity index (χ1v) is 12.3. The van der Waals surface area contributed by atoms with Crippen molar-refractivity contribution in [3.63, 3.8) is 0 Å². The average molecular weight is 498 g/mol. The summed E-state index contributed by atoms with van der Waals surface area (Å²) < 4.78 is 12.7. The Labute approximate surface area is 213 Å². The molecule has 0 aliphatic carbocycles. The van der Waals surface area contributed by atoms with Crippen LogP contribution in [0, 0.1) is 0 Å². The number of benzene rings is 2. The molecule has 37 heavy (non-hydrogen) atoms. The number of methoxy groups -OCH3 is 1. The Morgan fingerprint density at radius 1 is 1.03 bits per heavy atom. The van der Waals surface area contributed by atoms with Gasteiger partial charge < -0.3 is 24.3 Å². The third-order valence-electron chi connectivity index (χ3n) is 6.69. The summed E-state index contributed by atoms with van der Waals surface area (Å²) in [4.78, 5) is 26.2. The van der Waals surface area contributed by atoms with E-state index in [1.165, 1.54) is 5.69 Å². The topological polar surface area (TPSA) is 102 Å². The maximum atomic E-state index is 12.6. The van der Waals surface area contributed by atoms with E-state index in [4.69, 9.17) is 9.15 Å². The number of carbonyl (C=O) groups is 1. The molecule has 10 nitrogen and oxygen atoms in total. The zero-order valence-corrected chi connectivity index (χ0v) is 20.5. The van der Waals surface area contributed by atoms with Crippen LogP contribution < -0.4 is 19.9 Å². The van der Waals surface area contributed by atoms with Crippen molar-refractivity contribution in [2.45, 2.75) is 6.54 Å². The van der Waals surface area contributed by atoms with Crippen molar-refractivity contribution in [2.75, 3.05) is 49.6 Å². The molecular formula is C27H27N7O3. The molecular weight excluding hydrogens is 470 g/mol. The van der Waals surface area contributed by atoms with E-state index in [2.05, 4.69) is 42.3 Å². The number of furan rings is 1. The van der Waals surface area contributed by atoms with Crippen molar-refractivity contribution < 1.29 is 13.9 Å². The molecule has 6 rings (SSSR count). The van der Waals surface area contributed by atoms with Gasteiger partial charge in [-0.25, -0.2) is 14.6 Å². The van der Waals surface area contributed by atoms with Crippen LogP contribution in [0.5, 0.6) is 5.75 Å². The average Bonchev–Trinajstić information content (AvgIpc) is 3.58. The lowest BCUT2D eigenvalue weighted by atomic mass is 10.2. The van der Waals surface area contributed by atoms with Crippen LogP contribution in [-0.2, 0) is 6.54 Å². The molecule has 1 saturated heterocycles. The molecule has 3 aromatic heterocycles. The zero-order chi connectivity index (χ0) is 25.2. The lowest BCUT2D eigenvalue weighted by Crippen LogP contribution is -2.46. The standard InChI is InChI=1S/C27H27N7O3/c1-36-21-8-6-20(7-9-21)32-12-14-33(15-13-32)25-22-17-31-34(26(22)30-18-29-25)11-10-28-27(35)24-16-19-4-2-3-5-23(19)37-24/h2-9,16-18H,10-15H2,1H3,(H,28,35). The molecule has 1 amide bonds. The fraction of sp³-hybridized carbons (Fsp3) is 0.259. The summed E-state index contributed by atoms with van der Waals surface area (Å²) in [5.41, 5.74) is 2.63. The number of fused-ring (bicyclic) bond motifs is 2. The highest BCUT2D eigenvalue weighted by atomic mass is 16.5. The van der Waals surface area contributed by atoms with Crippen molar-refractivity contribution in [1.82, 2.24) is 25.1 Å². The summed E-state index contributed by atoms with van der Waals surface area (Å²) in [6.45, 7) is 4.34. The Bertz CT molecular complexity index is 1500. The molecule has 1 fully saturated rings. The van der Waals surface area contributed by atoms with Crippen LogP contribution in [0.1, 0.15) is 10.6 Å². The van der Waals surface area contributed by atoms with Crippen LogP contribution in [0.4, 0.5) is 11.5 Å². The SMILES string of the molecule is COc1ccc(N2CCN(c3ncnc4c3cnn4CCNC(=O)c3cc4ccccc4o3)CC2)cc1. The molecule has 188 valence electrons. The van der Waals surface area contributed by atoms with Crippen molar-refractivity contribution in [3.8, 4) is 5.75 Å². The van der Waals surface area contributed by atoms with Gasteiger partial charge in [0.2, 0.25) is 0 Å². The lowest BCUT2D eigenvalue weighted by Gasteiger charge is -2.36. The Kier molecular flexibility index (Phi) is 6.05. The van der Waals surface area contributed by atoms with Gasteiger partial charge in [-0.05, 0) is 36.4 Å². The predicted octanol–water partition coefficient (Wildman–Crippen LogP) is 3.34. The number of aromatic nitrogens is 4. The molecule has 1 aliphatic heterocycles. The predicted molar refractivity (Wildman–Crippen MR) is 141 cm³/mol. The minimum absolute atomic E-state index is 0.252. The first-order valence-electron chi connectivity index (χ1n) is 12.3. The number of rotatable bonds is 7. The largest absolute Gasteiger partial charge is 0.497 e. The highest BCUT2D eigenvalue weighted by Crippen LogP contribution is 2.26. The number of hydrogen-bond acceptors (Lipinski definition) is 8. The Morgan fingerprint density at radius 2 is 1.81 bits per heavy atom. The highest BCUT2D eigenvalue weighted by Gasteiger charge is 2.22. The smallest absolute Gasteiger partial charge is 0.287 e. The van der Waals surface area contributed by atoms with Gasteiger partial charge in [0.05, 0.1) is 25.2 Å². The molecule has 5 aromatic rings. The summed E-state index contributed by atoms with van der Waals surface area (Å²) in [7, 11) is 1.68. The Hall–Kier alpha value is -4.60. The van der Waals surface area contributed by atoms with Crippen LogP contribution in [0.25, 0.3) is 22.0 Å². The third kappa shape index (κ3) is 4.53. The van der Waals surface area contributed by atoms with Crippen LogP contribution in [0.2, 0.25) is 0 Å². The number of para-hydroxylation sites is 1. The van der Waals surface area contributed by atoms with Crippen LogP contribution >= 0.6 is 0 Å². The summed E-state index contributed by atoms with van der Waals surface area (Å²) in [5, 5.41) is 9.24. The van der Waals surface area contributed by atoms with E-state index in [1.807, 2.05) is 42.6 Å². The van der Waals surface area contributed by atoms with E-state index < -0.39 is 0 Å². The molecule has 0 atom stereocenters. The summed E-state index contributed by atoms with van der Waals surface area (Å²) in [6.07, 6.45) is 3.39. The van der Waals surface area contributed by atoms with E-state index in [1.54, 1.807) is 24.2 Å². The first-order chi connectivity index (χ1) is 18.2. The minimum atomic E-state index is -0.252. The van der Waals surface area contributed by atoms with Gasteiger partial charge in [-0.3, -0.25) is 4.79 Å². The Morgan fingerprint density at radius 3 is 2.59 bits per heavy atom. The van der Waals surface area contributed by atoms with Crippen LogP contribution in [-0.4, -0.2) is 65.5 Å². The molecule has 4 heterocycles. The zero-order valence-electron chi connectivity index (χ0n) is 20.5. The van der Waals surface area contributed by atoms with Crippen molar-refractivity contribution in [2.24, 2.45) is 0 Å². The molecule has 0 spiro atoms. The van der Waals surface area contributed by atoms with E-state index in [0.717, 1.165) is 54.2 Å². The normalized spacial score (nSPS) is 13.9. The van der Waals surface area contributed by atoms with Crippen molar-refractivity contribution in [1.29, 1.82) is 0 Å². The van der Waals surface area contributed by atoms with Gasteiger partial charge >= 0.3 is 0 Å². The highest BCUT2D eigenvalue weighted by molar-refractivity contribution is 5.96. The van der Waals surface area contributed by atoms with E-state index in [9.17, 15) is 4.79 Å². The van der Waals surface area contributed by atoms with Gasteiger partial charge in [0.1, 0.15) is 23.5 Å². The van der Waals surface area contributed by atoms with E-state index in [-0.39, 0.29) is 5.91 Å². The van der Waals surface area contributed by atoms with Gasteiger partial charge in [-0.2, -0.15) is 5.10 Å². The van der Waals surface area contributed by atoms with Crippen molar-refractivity contribution >= 4 is 39.4 Å². The molecule has 10 heteroatoms. The van der Waals surface area contributed by atoms with Gasteiger partial charge in [0.15, 0.2) is 11.4 Å². The second-order valence-electron chi connectivity index (χ2n) is 8.88. The molecule has 0 bridgehead atoms. The maximum Gasteiger partial charge on any atom is 0.287 e. The van der Waals surface area contributed by atoms with Gasteiger partial charge in [-0.1, -0.05) is 18.2 Å². The second-order valence-corrected chi connectivity index (χ2v) is 8.88. The molecule has 2 aromatic carbocycles. The third-order valence-corrected chi connectivity index (χ3v) is 6.69. The fourth-order valence-electron chi connectivity index (χ4n) is 4.72. The van der Waals surface area contributed by atoms with Crippen LogP contribution in [0.15, 0.2) is 71.5 Å². The van der Waals surface area contributed by atoms with Crippen LogP contribution in [0.3, 0.4) is 0 Å². The number of ether oxygens (including phenoxy) is 1. The maximum absolute atomic E-state index is 12.6. The van der Waals surface area contributed by atoms with Gasteiger partial charge in [-0.15, -0.1) is 0 Å². The summed E-state index contributed by atoms with van der Waals surface area (Å²) >= 11 is 0. The molecule has 0 saturated carbocycles. The van der Waals surface area contributed by atoms with E-state index in [0.29, 0.717) is 24.4 Å². The number of anilines is 2. The quantitative estimate of drug-likeness (QED) is 0.365.